The van der Waals surface area contributed by atoms with E-state index in [4.69, 9.17) is 36.0 Å². The van der Waals surface area contributed by atoms with E-state index in [9.17, 15) is 4.79 Å². The van der Waals surface area contributed by atoms with E-state index in [2.05, 4.69) is 9.80 Å². The van der Waals surface area contributed by atoms with E-state index in [1.54, 1.807) is 6.20 Å². The highest BCUT2D eigenvalue weighted by Crippen LogP contribution is 2.42. The van der Waals surface area contributed by atoms with Gasteiger partial charge in [0.15, 0.2) is 5.82 Å². The molecule has 2 bridgehead atoms. The molecule has 48 heavy (non-hydrogen) atoms. The molecule has 0 aliphatic carbocycles. The van der Waals surface area contributed by atoms with E-state index in [1.165, 1.54) is 0 Å². The quantitative estimate of drug-likeness (QED) is 0.214. The second kappa shape index (κ2) is 12.0. The first-order valence-corrected chi connectivity index (χ1v) is 17.7. The van der Waals surface area contributed by atoms with Crippen LogP contribution in [0.15, 0.2) is 42.6 Å². The highest BCUT2D eigenvalue weighted by Gasteiger charge is 2.45. The van der Waals surface area contributed by atoms with Gasteiger partial charge in [0.1, 0.15) is 29.2 Å². The van der Waals surface area contributed by atoms with Crippen LogP contribution in [0.25, 0.3) is 32.9 Å². The number of carbonyl (C=O) groups is 1. The van der Waals surface area contributed by atoms with Gasteiger partial charge < -0.3 is 19.3 Å². The molecule has 2 aromatic carbocycles. The first-order valence-electron chi connectivity index (χ1n) is 17.3. The average molecular weight is 673 g/mol. The molecule has 5 aliphatic heterocycles. The number of ether oxygens (including phenoxy) is 2. The maximum absolute atomic E-state index is 16.9. The van der Waals surface area contributed by atoms with Crippen molar-refractivity contribution in [2.24, 2.45) is 0 Å². The monoisotopic (exact) mass is 672 g/mol. The zero-order valence-corrected chi connectivity index (χ0v) is 28.6. The van der Waals surface area contributed by atoms with E-state index in [-0.39, 0.29) is 40.9 Å². The number of hydrogen-bond acceptors (Lipinski definition) is 8. The van der Waals surface area contributed by atoms with Gasteiger partial charge in [0.2, 0.25) is 0 Å². The lowest BCUT2D eigenvalue weighted by molar-refractivity contribution is 0.0123. The Labute approximate surface area is 285 Å². The number of nitrogens with zero attached hydrogens (tertiary/aromatic N) is 6. The Morgan fingerprint density at radius 2 is 1.77 bits per heavy atom. The summed E-state index contributed by atoms with van der Waals surface area (Å²) in [4.78, 5) is 34.3. The molecule has 2 aromatic heterocycles. The Balaban J connectivity index is 1.22. The summed E-state index contributed by atoms with van der Waals surface area (Å²) in [6, 6.07) is 11.4. The molecule has 1 amide bonds. The molecule has 5 aliphatic rings. The van der Waals surface area contributed by atoms with E-state index < -0.39 is 11.4 Å². The number of fused-ring (bicyclic) bond motifs is 7. The summed E-state index contributed by atoms with van der Waals surface area (Å²) >= 11 is 6.66. The largest absolute Gasteiger partial charge is 0.461 e. The third kappa shape index (κ3) is 5.50. The number of aromatic nitrogens is 3. The summed E-state index contributed by atoms with van der Waals surface area (Å²) in [5.74, 6) is 0.0575. The first kappa shape index (κ1) is 31.5. The second-order valence-corrected chi connectivity index (χ2v) is 15.3. The molecular weight excluding hydrogens is 631 g/mol. The van der Waals surface area contributed by atoms with Crippen LogP contribution in [0.1, 0.15) is 65.7 Å². The first-order chi connectivity index (χ1) is 23.1. The van der Waals surface area contributed by atoms with Gasteiger partial charge >= 0.3 is 12.1 Å². The number of anilines is 1. The van der Waals surface area contributed by atoms with Crippen LogP contribution in [0, 0.1) is 5.82 Å². The second-order valence-electron chi connectivity index (χ2n) is 14.9. The number of benzene rings is 2. The smallest absolute Gasteiger partial charge is 0.410 e. The van der Waals surface area contributed by atoms with Crippen molar-refractivity contribution in [3.63, 3.8) is 0 Å². The minimum atomic E-state index is -0.583. The molecule has 9 nitrogen and oxygen atoms in total. The van der Waals surface area contributed by atoms with Crippen LogP contribution < -0.4 is 9.64 Å². The van der Waals surface area contributed by atoms with E-state index in [0.717, 1.165) is 68.8 Å². The van der Waals surface area contributed by atoms with Crippen LogP contribution in [0.3, 0.4) is 0 Å². The standard InChI is InChI=1S/C37H42ClFN6O3/c1-36(2,3)48-35(46)45-21-24-11-6-12-25(45)20-44(24)33-27-19-40-31(26-13-4-9-23-10-5-14-28(38)29(23)26)30(39)32(27)41-34(42-33)47-22-37-15-7-17-43(37)18-8-16-37/h4-5,9-10,13-14,19,24-25H,6-8,11-12,15-18,20-22H2,1-3H3. The third-order valence-corrected chi connectivity index (χ3v) is 11.0. The Bertz CT molecular complexity index is 1880. The van der Waals surface area contributed by atoms with Crippen molar-refractivity contribution in [3.8, 4) is 17.3 Å². The molecule has 5 saturated heterocycles. The van der Waals surface area contributed by atoms with Crippen molar-refractivity contribution >= 4 is 45.2 Å². The number of halogens is 2. The topological polar surface area (TPSA) is 83.9 Å². The number of rotatable bonds is 5. The zero-order valence-electron chi connectivity index (χ0n) is 27.8. The fraction of sp³-hybridized carbons (Fsp3) is 0.514. The zero-order chi connectivity index (χ0) is 33.2. The van der Waals surface area contributed by atoms with Crippen LogP contribution in [0.5, 0.6) is 6.01 Å². The minimum absolute atomic E-state index is 0.0181. The summed E-state index contributed by atoms with van der Waals surface area (Å²) in [5.41, 5.74) is 0.353. The summed E-state index contributed by atoms with van der Waals surface area (Å²) in [5, 5.41) is 2.70. The Morgan fingerprint density at radius 1 is 1.02 bits per heavy atom. The number of piperazine rings is 1. The van der Waals surface area contributed by atoms with Gasteiger partial charge in [-0.05, 0) is 90.3 Å². The van der Waals surface area contributed by atoms with E-state index >= 15 is 4.39 Å². The average Bonchev–Trinajstić information content (AvgIpc) is 3.49. The third-order valence-electron chi connectivity index (χ3n) is 10.7. The van der Waals surface area contributed by atoms with Crippen LogP contribution in [0.4, 0.5) is 15.0 Å². The van der Waals surface area contributed by atoms with Gasteiger partial charge in [0.05, 0.1) is 17.0 Å². The summed E-state index contributed by atoms with van der Waals surface area (Å²) in [6.45, 7) is 9.34. The summed E-state index contributed by atoms with van der Waals surface area (Å²) in [7, 11) is 0. The van der Waals surface area contributed by atoms with Crippen molar-refractivity contribution in [2.45, 2.75) is 88.9 Å². The SMILES string of the molecule is CC(C)(C)OC(=O)N1CC2CCCC1CN2c1nc(OCC23CCCN2CCC3)nc2c(F)c(-c3cccc4cccc(Cl)c34)ncc12. The van der Waals surface area contributed by atoms with Crippen molar-refractivity contribution in [1.82, 2.24) is 24.8 Å². The molecule has 0 spiro atoms. The van der Waals surface area contributed by atoms with Crippen molar-refractivity contribution in [1.29, 1.82) is 0 Å². The van der Waals surface area contributed by atoms with Crippen LogP contribution in [-0.2, 0) is 4.74 Å². The Morgan fingerprint density at radius 3 is 2.54 bits per heavy atom. The van der Waals surface area contributed by atoms with Gasteiger partial charge in [0.25, 0.3) is 0 Å². The van der Waals surface area contributed by atoms with Crippen LogP contribution in [-0.4, -0.2) is 86.9 Å². The molecule has 2 unspecified atom stereocenters. The molecule has 0 saturated carbocycles. The summed E-state index contributed by atoms with van der Waals surface area (Å²) < 4.78 is 29.2. The van der Waals surface area contributed by atoms with Gasteiger partial charge in [-0.2, -0.15) is 9.97 Å². The summed E-state index contributed by atoms with van der Waals surface area (Å²) in [6.07, 6.45) is 8.54. The Hall–Kier alpha value is -3.76. The van der Waals surface area contributed by atoms with Gasteiger partial charge in [-0.1, -0.05) is 41.9 Å². The lowest BCUT2D eigenvalue weighted by atomic mass is 9.95. The number of carbonyl (C=O) groups excluding carboxylic acids is 1. The van der Waals surface area contributed by atoms with Crippen molar-refractivity contribution in [3.05, 3.63) is 53.4 Å². The fourth-order valence-electron chi connectivity index (χ4n) is 8.48. The van der Waals surface area contributed by atoms with Crippen LogP contribution >= 0.6 is 11.6 Å². The number of hydrogen-bond donors (Lipinski definition) is 0. The lowest BCUT2D eigenvalue weighted by Gasteiger charge is -2.44. The molecule has 11 heteroatoms. The van der Waals surface area contributed by atoms with Crippen LogP contribution in [0.2, 0.25) is 5.02 Å². The van der Waals surface area contributed by atoms with Gasteiger partial charge in [-0.25, -0.2) is 9.18 Å². The van der Waals surface area contributed by atoms with Gasteiger partial charge in [-0.15, -0.1) is 0 Å². The fourth-order valence-corrected chi connectivity index (χ4v) is 8.77. The highest BCUT2D eigenvalue weighted by molar-refractivity contribution is 6.36. The van der Waals surface area contributed by atoms with Crippen molar-refractivity contribution in [2.75, 3.05) is 37.7 Å². The Kier molecular flexibility index (Phi) is 7.86. The maximum Gasteiger partial charge on any atom is 0.410 e. The normalized spacial score (nSPS) is 22.4. The highest BCUT2D eigenvalue weighted by atomic mass is 35.5. The lowest BCUT2D eigenvalue weighted by Crippen LogP contribution is -2.59. The molecule has 4 aromatic rings. The molecular formula is C37H42ClFN6O3. The van der Waals surface area contributed by atoms with Gasteiger partial charge in [-0.3, -0.25) is 9.88 Å². The van der Waals surface area contributed by atoms with Crippen molar-refractivity contribution < 1.29 is 18.7 Å². The van der Waals surface area contributed by atoms with E-state index in [1.807, 2.05) is 62.1 Å². The predicted molar refractivity (Wildman–Crippen MR) is 185 cm³/mol. The number of pyridine rings is 1. The molecule has 9 rings (SSSR count). The molecule has 0 radical (unpaired) electrons. The number of amides is 1. The van der Waals surface area contributed by atoms with Gasteiger partial charge in [0, 0.05) is 41.3 Å². The van der Waals surface area contributed by atoms with E-state index in [0.29, 0.717) is 41.5 Å². The predicted octanol–water partition coefficient (Wildman–Crippen LogP) is 7.62. The molecule has 0 N–H and O–H groups in total. The molecule has 7 heterocycles. The molecule has 252 valence electrons. The maximum atomic E-state index is 16.9. The molecule has 2 atom stereocenters. The molecule has 5 fully saturated rings. The minimum Gasteiger partial charge on any atom is -0.461 e.